The van der Waals surface area contributed by atoms with Crippen LogP contribution < -0.4 is 31.9 Å². The molecule has 3 amide bonds. The van der Waals surface area contributed by atoms with Crippen molar-refractivity contribution in [3.63, 3.8) is 0 Å². The summed E-state index contributed by atoms with van der Waals surface area (Å²) in [6.45, 7) is 6.43. The van der Waals surface area contributed by atoms with Crippen molar-refractivity contribution in [2.75, 3.05) is 253 Å². The molecule has 0 radical (unpaired) electrons. The van der Waals surface area contributed by atoms with Gasteiger partial charge < -0.3 is 108 Å². The molecule has 0 aliphatic rings. The zero-order valence-electron chi connectivity index (χ0n) is 73.6. The molecule has 49 heteroatoms. The quantitative estimate of drug-likeness (QED) is 0.0174. The maximum absolute atomic E-state index is 12.9. The van der Waals surface area contributed by atoms with Crippen LogP contribution >= 0.6 is 0 Å². The highest BCUT2D eigenvalue weighted by Gasteiger charge is 2.34. The van der Waals surface area contributed by atoms with Crippen LogP contribution in [0.3, 0.4) is 0 Å². The molecule has 0 unspecified atom stereocenters. The fraction of sp³-hybridized carbons (Fsp3) is 0.659. The maximum Gasteiger partial charge on any atom is 0.300 e. The molecule has 3 heterocycles. The van der Waals surface area contributed by atoms with Crippen LogP contribution in [0.4, 0.5) is 34.1 Å². The molecular weight excluding hydrogens is 1740 g/mol. The number of nitro groups is 3. The Kier molecular flexibility index (Phi) is 55.1. The summed E-state index contributed by atoms with van der Waals surface area (Å²) in [5.74, 6) is -2.29. The van der Waals surface area contributed by atoms with Crippen molar-refractivity contribution in [1.82, 2.24) is 46.9 Å². The zero-order chi connectivity index (χ0) is 94.2. The van der Waals surface area contributed by atoms with E-state index in [4.69, 9.17) is 71.1 Å². The van der Waals surface area contributed by atoms with E-state index in [1.807, 2.05) is 0 Å². The summed E-state index contributed by atoms with van der Waals surface area (Å²) in [7, 11) is 0. The molecule has 0 aliphatic heterocycles. The van der Waals surface area contributed by atoms with Crippen LogP contribution in [-0.4, -0.2) is 341 Å². The number of nitro benzene ring substituents is 3. The predicted octanol–water partition coefficient (Wildman–Crippen LogP) is 4.49. The molecule has 6 rings (SSSR count). The highest BCUT2D eigenvalue weighted by molar-refractivity contribution is 5.95. The monoisotopic (exact) mass is 1860 g/mol. The SMILES string of the molecule is CC(=O)CC(COCCCCC(=O)COCCOCCNC(=O)CCC(=O)COCCOCCNc1ccc([N+](=O)[O-])c2nonc12)(COCCCCC(=O)COCCOCCNC(=O)CCC(=O)COCCOCCNc1ccc([N+](=O)[O-])c2nonc12)COCCCCC(=O)COCCOCCNC(=O)CCC(=O)COCCOCCNc1ccc([N+](=O)[O-])c2nonc12. The largest absolute Gasteiger partial charge is 0.381 e. The molecule has 3 aromatic carbocycles. The van der Waals surface area contributed by atoms with Crippen molar-refractivity contribution in [2.45, 2.75) is 110 Å². The third-order valence-corrected chi connectivity index (χ3v) is 18.7. The second-order valence-corrected chi connectivity index (χ2v) is 29.5. The van der Waals surface area contributed by atoms with E-state index >= 15 is 0 Å². The number of hydrogen-bond acceptors (Lipinski definition) is 43. The van der Waals surface area contributed by atoms with Gasteiger partial charge in [-0.2, -0.15) is 0 Å². The van der Waals surface area contributed by atoms with Gasteiger partial charge in [-0.05, 0) is 94.6 Å². The first-order chi connectivity index (χ1) is 63.6. The number of ether oxygens (including phenoxy) is 15. The normalized spacial score (nSPS) is 11.5. The smallest absolute Gasteiger partial charge is 0.300 e. The number of nitrogens with one attached hydrogen (secondary N) is 6. The minimum atomic E-state index is -0.898. The van der Waals surface area contributed by atoms with Crippen molar-refractivity contribution in [3.8, 4) is 0 Å². The predicted molar refractivity (Wildman–Crippen MR) is 459 cm³/mol. The molecule has 3 aromatic heterocycles. The van der Waals surface area contributed by atoms with Gasteiger partial charge in [0.15, 0.2) is 51.2 Å². The third-order valence-electron chi connectivity index (χ3n) is 18.7. The zero-order valence-corrected chi connectivity index (χ0v) is 73.6. The summed E-state index contributed by atoms with van der Waals surface area (Å²) in [6.07, 6.45) is 3.64. The number of hydrogen-bond donors (Lipinski definition) is 6. The molecular formula is C82H119N15O34. The number of aromatic nitrogens is 6. The van der Waals surface area contributed by atoms with Gasteiger partial charge in [0.1, 0.15) is 45.4 Å². The summed E-state index contributed by atoms with van der Waals surface area (Å²) in [4.78, 5) is 156. The molecule has 0 bridgehead atoms. The number of amides is 3. The lowest BCUT2D eigenvalue weighted by molar-refractivity contribution is -0.383. The van der Waals surface area contributed by atoms with Crippen molar-refractivity contribution in [2.24, 2.45) is 5.41 Å². The first-order valence-corrected chi connectivity index (χ1v) is 43.1. The van der Waals surface area contributed by atoms with Gasteiger partial charge in [0.25, 0.3) is 0 Å². The summed E-state index contributed by atoms with van der Waals surface area (Å²) in [6, 6.07) is 8.37. The number of Topliss-reactive ketones (excluding diaryl/α,β-unsaturated/α-hetero) is 7. The molecule has 0 spiro atoms. The van der Waals surface area contributed by atoms with Crippen molar-refractivity contribution in [3.05, 3.63) is 66.7 Å². The van der Waals surface area contributed by atoms with Gasteiger partial charge >= 0.3 is 17.1 Å². The molecule has 0 saturated heterocycles. The average Bonchev–Trinajstić information content (AvgIpc) is 1.69. The Balaban J connectivity index is 0.763. The van der Waals surface area contributed by atoms with Gasteiger partial charge in [0.2, 0.25) is 34.3 Å². The Hall–Kier alpha value is -11.0. The molecule has 0 saturated carbocycles. The average molecular weight is 1860 g/mol. The van der Waals surface area contributed by atoms with Crippen LogP contribution in [0.2, 0.25) is 0 Å². The minimum Gasteiger partial charge on any atom is -0.381 e. The summed E-state index contributed by atoms with van der Waals surface area (Å²) in [5, 5.41) is 72.7. The molecule has 726 valence electrons. The van der Waals surface area contributed by atoms with Gasteiger partial charge in [0, 0.05) is 147 Å². The minimum absolute atomic E-state index is 0.0211. The van der Waals surface area contributed by atoms with Crippen molar-refractivity contribution < 1.29 is 148 Å². The Morgan fingerprint density at radius 1 is 0.290 bits per heavy atom. The summed E-state index contributed by atoms with van der Waals surface area (Å²) in [5.41, 5.74) is 0.594. The van der Waals surface area contributed by atoms with Crippen LogP contribution in [0.15, 0.2) is 50.3 Å². The number of nitrogens with zero attached hydrogens (tertiary/aromatic N) is 9. The van der Waals surface area contributed by atoms with Crippen molar-refractivity contribution in [1.29, 1.82) is 0 Å². The van der Waals surface area contributed by atoms with E-state index in [0.29, 0.717) is 75.2 Å². The van der Waals surface area contributed by atoms with Crippen LogP contribution in [0.1, 0.15) is 110 Å². The fourth-order valence-corrected chi connectivity index (χ4v) is 12.1. The Morgan fingerprint density at radius 2 is 0.527 bits per heavy atom. The number of carbonyl (C=O) groups is 10. The highest BCUT2D eigenvalue weighted by Crippen LogP contribution is 2.32. The van der Waals surface area contributed by atoms with Gasteiger partial charge in [-0.15, -0.1) is 0 Å². The van der Waals surface area contributed by atoms with Crippen LogP contribution in [0.5, 0.6) is 0 Å². The highest BCUT2D eigenvalue weighted by atomic mass is 16.6. The van der Waals surface area contributed by atoms with E-state index < -0.39 is 20.2 Å². The first-order valence-electron chi connectivity index (χ1n) is 43.1. The van der Waals surface area contributed by atoms with E-state index in [1.165, 1.54) is 43.3 Å². The Labute approximate surface area is 752 Å². The lowest BCUT2D eigenvalue weighted by Crippen LogP contribution is -2.39. The van der Waals surface area contributed by atoms with Crippen LogP contribution in [0, 0.1) is 35.8 Å². The Bertz CT molecular complexity index is 4030. The molecule has 6 N–H and O–H groups in total. The number of unbranched alkanes of at least 4 members (excludes halogenated alkanes) is 3. The summed E-state index contributed by atoms with van der Waals surface area (Å²) < 4.78 is 98.0. The third kappa shape index (κ3) is 47.1. The van der Waals surface area contributed by atoms with E-state index in [9.17, 15) is 78.3 Å². The van der Waals surface area contributed by atoms with E-state index in [-0.39, 0.29) is 390 Å². The number of non-ortho nitro benzene ring substituents is 3. The molecule has 131 heavy (non-hydrogen) atoms. The molecule has 0 atom stereocenters. The number of rotatable bonds is 86. The second kappa shape index (κ2) is 66.3. The Morgan fingerprint density at radius 3 is 0.779 bits per heavy atom. The number of benzene rings is 3. The fourth-order valence-electron chi connectivity index (χ4n) is 12.1. The van der Waals surface area contributed by atoms with E-state index in [2.05, 4.69) is 76.7 Å². The van der Waals surface area contributed by atoms with E-state index in [0.717, 1.165) is 0 Å². The molecule has 49 nitrogen and oxygen atoms in total. The number of fused-ring (bicyclic) bond motifs is 3. The van der Waals surface area contributed by atoms with Gasteiger partial charge in [-0.3, -0.25) is 73.5 Å². The maximum atomic E-state index is 12.9. The molecule has 0 fully saturated rings. The van der Waals surface area contributed by atoms with Crippen LogP contribution in [0.25, 0.3) is 33.1 Å². The first kappa shape index (κ1) is 109. The second-order valence-electron chi connectivity index (χ2n) is 29.5. The molecule has 0 aliphatic carbocycles. The summed E-state index contributed by atoms with van der Waals surface area (Å²) >= 11 is 0. The van der Waals surface area contributed by atoms with Crippen LogP contribution in [-0.2, 0) is 119 Å². The number of ketones is 7. The van der Waals surface area contributed by atoms with Gasteiger partial charge in [0.05, 0.1) is 171 Å². The standard InChI is InChI=1S/C82H119N15O34/c1-60(98)50-82(57-126-29-5-2-8-61(99)51-120-44-41-117-35-26-86-73(105)20-11-64(102)54-123-47-38-114-32-23-83-67-14-17-70(95(108)109)79-76(67)89-129-92-79,58-127-30-6-3-9-62(100)52-121-45-42-118-36-27-87-74(106)21-12-65(103)55-124-48-39-115-33-24-84-68-15-18-71(96(110)111)80-77(68)90-130-93-80)59-128-31-7-4-10-63(101)53-122-46-43-119-37-28-88-75(107)22-13-66(104)56-125-49-40-116-34-25-85-69-16-19-72(97(112)113)81-78(69)91-131-94-81/h14-19,83-85H,2-13,20-59H2,1H3,(H,86,105)(H,87,106)(H,88,107). The van der Waals surface area contributed by atoms with E-state index in [1.54, 1.807) is 0 Å². The number of carbonyl (C=O) groups excluding carboxylic acids is 10. The number of anilines is 3. The topological polar surface area (TPSA) is 628 Å². The van der Waals surface area contributed by atoms with Gasteiger partial charge in [-0.25, -0.2) is 13.9 Å². The van der Waals surface area contributed by atoms with Crippen molar-refractivity contribution >= 4 is 125 Å². The lowest BCUT2D eigenvalue weighted by Gasteiger charge is -2.32. The lowest BCUT2D eigenvalue weighted by atomic mass is 9.85. The molecule has 6 aromatic rings. The van der Waals surface area contributed by atoms with Gasteiger partial charge in [-0.1, -0.05) is 0 Å².